The monoisotopic (exact) mass is 1130 g/mol. The lowest BCUT2D eigenvalue weighted by Crippen LogP contribution is -2.26. The molecule has 1 aliphatic rings. The van der Waals surface area contributed by atoms with E-state index in [2.05, 4.69) is 59.1 Å². The molecule has 5 nitrogen and oxygen atoms in total. The van der Waals surface area contributed by atoms with Crippen LogP contribution in [0.25, 0.3) is 61.0 Å². The molecule has 0 bridgehead atoms. The summed E-state index contributed by atoms with van der Waals surface area (Å²) in [5.41, 5.74) is 0.850. The Kier molecular flexibility index (Phi) is 14.0. The average molecular weight is 1140 g/mol. The Labute approximate surface area is 474 Å². The van der Waals surface area contributed by atoms with Gasteiger partial charge in [0.1, 0.15) is 24.0 Å². The van der Waals surface area contributed by atoms with Crippen LogP contribution < -0.4 is 14.5 Å². The second kappa shape index (κ2) is 20.7. The van der Waals surface area contributed by atoms with Gasteiger partial charge in [-0.25, -0.2) is 48.9 Å². The number of halogens is 10. The topological polar surface area (TPSA) is 33.5 Å². The number of fused-ring (bicyclic) bond motifs is 4. The fourth-order valence-corrected chi connectivity index (χ4v) is 11.3. The molecule has 83 heavy (non-hydrogen) atoms. The average Bonchev–Trinajstić information content (AvgIpc) is 2.81. The predicted octanol–water partition coefficient (Wildman–Crippen LogP) is 20.5. The minimum atomic E-state index is -2.47. The van der Waals surface area contributed by atoms with E-state index in [4.69, 9.17) is 9.72 Å². The first-order valence-corrected chi connectivity index (χ1v) is 27.1. The number of ether oxygens (including phenoxy) is 1. The number of hydrogen-bond acceptors (Lipinski definition) is 4. The van der Waals surface area contributed by atoms with Gasteiger partial charge in [0.05, 0.1) is 39.2 Å². The summed E-state index contributed by atoms with van der Waals surface area (Å²) in [4.78, 5) is 7.89. The third-order valence-electron chi connectivity index (χ3n) is 15.5. The van der Waals surface area contributed by atoms with Gasteiger partial charge in [0.2, 0.25) is 11.6 Å². The number of aromatic nitrogens is 2. The maximum atomic E-state index is 16.5. The van der Waals surface area contributed by atoms with Gasteiger partial charge in [0.15, 0.2) is 46.5 Å². The fraction of sp³-hybridized carbons (Fsp3) is 0.221. The Balaban J connectivity index is 1.16. The van der Waals surface area contributed by atoms with Crippen LogP contribution in [0.3, 0.4) is 0 Å². The minimum absolute atomic E-state index is 0.0176. The van der Waals surface area contributed by atoms with Crippen molar-refractivity contribution in [1.29, 1.82) is 0 Å². The first-order chi connectivity index (χ1) is 39.3. The van der Waals surface area contributed by atoms with Gasteiger partial charge in [-0.05, 0) is 123 Å². The summed E-state index contributed by atoms with van der Waals surface area (Å²) < 4.78 is 167. The zero-order valence-electron chi connectivity index (χ0n) is 47.0. The van der Waals surface area contributed by atoms with Crippen LogP contribution in [-0.4, -0.2) is 16.2 Å². The van der Waals surface area contributed by atoms with Gasteiger partial charge in [0, 0.05) is 45.9 Å². The molecule has 0 spiro atoms. The van der Waals surface area contributed by atoms with E-state index < -0.39 is 98.2 Å². The van der Waals surface area contributed by atoms with E-state index >= 15 is 35.1 Å². The van der Waals surface area contributed by atoms with E-state index in [0.717, 1.165) is 56.2 Å². The normalized spacial score (nSPS) is 12.9. The molecular weight excluding hydrogens is 1080 g/mol. The van der Waals surface area contributed by atoms with Gasteiger partial charge in [-0.2, -0.15) is 0 Å². The molecule has 0 saturated heterocycles. The standard InChI is InChI=1S/C68H56F10N4O/c1-34(2)42-17-15-18-43(35(3)4)53(42)36-26-39(31-41(27-36)83-40-22-23-45-44-16-11-12-19-48(44)82(51(45)32-40)52-30-37(24-25-79-52)67(5,6)7)80-33-81(50-21-14-13-20-49(50)80)66-46(54-56(69)60(73)64(77)61(74)57(54)70)28-38(68(8,9)10)29-47(66)55-58(71)62(75)65(78)63(76)59(55)72/h11-32,34-35H,33H2,1-10H3. The number of para-hydroxylation sites is 3. The highest BCUT2D eigenvalue weighted by Crippen LogP contribution is 2.54. The maximum Gasteiger partial charge on any atom is 0.200 e. The van der Waals surface area contributed by atoms with Crippen LogP contribution in [-0.2, 0) is 10.8 Å². The van der Waals surface area contributed by atoms with Crippen LogP contribution >= 0.6 is 0 Å². The number of hydrogen-bond donors (Lipinski definition) is 0. The van der Waals surface area contributed by atoms with Crippen molar-refractivity contribution in [3.05, 3.63) is 214 Å². The van der Waals surface area contributed by atoms with E-state index in [0.29, 0.717) is 34.3 Å². The first kappa shape index (κ1) is 56.3. The molecule has 0 atom stereocenters. The Morgan fingerprint density at radius 2 is 0.952 bits per heavy atom. The number of nitrogens with zero attached hydrogens (tertiary/aromatic N) is 4. The van der Waals surface area contributed by atoms with Crippen molar-refractivity contribution in [2.24, 2.45) is 0 Å². The molecule has 0 aliphatic carbocycles. The lowest BCUT2D eigenvalue weighted by molar-refractivity contribution is 0.381. The van der Waals surface area contributed by atoms with E-state index in [1.807, 2.05) is 78.9 Å². The highest BCUT2D eigenvalue weighted by Gasteiger charge is 2.39. The number of pyridine rings is 1. The second-order valence-corrected chi connectivity index (χ2v) is 23.7. The molecule has 3 heterocycles. The van der Waals surface area contributed by atoms with Gasteiger partial charge in [-0.15, -0.1) is 0 Å². The molecule has 8 aromatic carbocycles. The van der Waals surface area contributed by atoms with Crippen LogP contribution in [0.2, 0.25) is 0 Å². The molecule has 2 aromatic heterocycles. The molecule has 0 saturated carbocycles. The molecule has 10 aromatic rings. The summed E-state index contributed by atoms with van der Waals surface area (Å²) in [6.45, 7) is 19.0. The van der Waals surface area contributed by atoms with Crippen molar-refractivity contribution < 1.29 is 48.6 Å². The number of anilines is 4. The molecule has 1 aliphatic heterocycles. The number of rotatable bonds is 10. The van der Waals surface area contributed by atoms with Gasteiger partial charge >= 0.3 is 0 Å². The Bertz CT molecular complexity index is 4110. The van der Waals surface area contributed by atoms with E-state index in [-0.39, 0.29) is 28.5 Å². The summed E-state index contributed by atoms with van der Waals surface area (Å²) in [5.74, 6) is -21.9. The van der Waals surface area contributed by atoms with Crippen molar-refractivity contribution in [1.82, 2.24) is 9.55 Å². The molecule has 11 rings (SSSR count). The largest absolute Gasteiger partial charge is 0.457 e. The van der Waals surface area contributed by atoms with Crippen molar-refractivity contribution in [3.8, 4) is 50.7 Å². The Hall–Kier alpha value is -8.59. The van der Waals surface area contributed by atoms with Crippen LogP contribution in [0.15, 0.2) is 134 Å². The lowest BCUT2D eigenvalue weighted by atomic mass is 9.81. The zero-order valence-corrected chi connectivity index (χ0v) is 47.0. The van der Waals surface area contributed by atoms with Crippen molar-refractivity contribution in [3.63, 3.8) is 0 Å². The highest BCUT2D eigenvalue weighted by molar-refractivity contribution is 6.09. The van der Waals surface area contributed by atoms with Crippen LogP contribution in [0.1, 0.15) is 103 Å². The first-order valence-electron chi connectivity index (χ1n) is 27.1. The maximum absolute atomic E-state index is 16.5. The smallest absolute Gasteiger partial charge is 0.200 e. The molecule has 0 N–H and O–H groups in total. The van der Waals surface area contributed by atoms with Gasteiger partial charge < -0.3 is 14.5 Å². The van der Waals surface area contributed by atoms with Crippen LogP contribution in [0.5, 0.6) is 11.5 Å². The van der Waals surface area contributed by atoms with Crippen molar-refractivity contribution in [2.45, 2.75) is 91.9 Å². The number of benzene rings is 8. The minimum Gasteiger partial charge on any atom is -0.457 e. The molecule has 15 heteroatoms. The molecule has 0 radical (unpaired) electrons. The highest BCUT2D eigenvalue weighted by atomic mass is 19.2. The summed E-state index contributed by atoms with van der Waals surface area (Å²) in [5, 5.41) is 1.93. The Morgan fingerprint density at radius 3 is 1.49 bits per heavy atom. The summed E-state index contributed by atoms with van der Waals surface area (Å²) in [6, 6.07) is 38.2. The molecule has 424 valence electrons. The van der Waals surface area contributed by atoms with Crippen molar-refractivity contribution in [2.75, 3.05) is 16.5 Å². The molecule has 0 unspecified atom stereocenters. The molecular formula is C68H56F10N4O. The SMILES string of the molecule is CC(C)c1cccc(C(C)C)c1-c1cc(Oc2ccc3c4ccccc4n(-c4cc(C(C)(C)C)ccn4)c3c2)cc(N2CN(c3c(-c4c(F)c(F)c(F)c(F)c4F)cc(C(C)(C)C)cc3-c3c(F)c(F)c(F)c(F)c3F)c3ccccc32)c1. The van der Waals surface area contributed by atoms with E-state index in [9.17, 15) is 8.78 Å². The second-order valence-electron chi connectivity index (χ2n) is 23.7. The summed E-state index contributed by atoms with van der Waals surface area (Å²) >= 11 is 0. The van der Waals surface area contributed by atoms with E-state index in [1.165, 1.54) is 4.90 Å². The quantitative estimate of drug-likeness (QED) is 0.0776. The van der Waals surface area contributed by atoms with Crippen molar-refractivity contribution >= 4 is 44.6 Å². The summed E-state index contributed by atoms with van der Waals surface area (Å²) in [7, 11) is 0. The van der Waals surface area contributed by atoms with Gasteiger partial charge in [-0.3, -0.25) is 4.57 Å². The summed E-state index contributed by atoms with van der Waals surface area (Å²) in [6.07, 6.45) is 1.79. The Morgan fingerprint density at radius 1 is 0.446 bits per heavy atom. The predicted molar refractivity (Wildman–Crippen MR) is 309 cm³/mol. The zero-order chi connectivity index (χ0) is 59.5. The molecule has 0 amide bonds. The third kappa shape index (κ3) is 9.51. The third-order valence-corrected chi connectivity index (χ3v) is 15.5. The van der Waals surface area contributed by atoms with Crippen LogP contribution in [0, 0.1) is 58.2 Å². The van der Waals surface area contributed by atoms with Gasteiger partial charge in [0.25, 0.3) is 0 Å². The lowest BCUT2D eigenvalue weighted by Gasteiger charge is -2.31. The molecule has 0 fully saturated rings. The fourth-order valence-electron chi connectivity index (χ4n) is 11.3. The van der Waals surface area contributed by atoms with Gasteiger partial charge in [-0.1, -0.05) is 118 Å². The van der Waals surface area contributed by atoms with E-state index in [1.54, 1.807) is 62.2 Å². The van der Waals surface area contributed by atoms with Crippen LogP contribution in [0.4, 0.5) is 66.7 Å².